The van der Waals surface area contributed by atoms with Crippen LogP contribution in [0.2, 0.25) is 0 Å². The Morgan fingerprint density at radius 2 is 1.30 bits per heavy atom. The van der Waals surface area contributed by atoms with Crippen LogP contribution in [-0.4, -0.2) is 57.4 Å². The molecular weight excluding hydrogens is 432 g/mol. The molecule has 0 atom stereocenters. The summed E-state index contributed by atoms with van der Waals surface area (Å²) in [6.45, 7) is 0.106. The molecule has 3 rings (SSSR count). The van der Waals surface area contributed by atoms with Crippen molar-refractivity contribution in [1.82, 2.24) is 0 Å². The van der Waals surface area contributed by atoms with Gasteiger partial charge in [0.15, 0.2) is 11.5 Å². The second kappa shape index (κ2) is 9.89. The van der Waals surface area contributed by atoms with Gasteiger partial charge in [0.1, 0.15) is 5.41 Å². The smallest absolute Gasteiger partial charge is 0.492 e. The number of fused-ring (bicyclic) bond motifs is 1. The number of rotatable bonds is 10. The number of carboxylic acid groups (broad SMARTS) is 2. The van der Waals surface area contributed by atoms with E-state index < -0.39 is 17.5 Å². The van der Waals surface area contributed by atoms with Crippen molar-refractivity contribution in [2.45, 2.75) is 31.1 Å². The van der Waals surface area contributed by atoms with E-state index in [1.54, 1.807) is 12.1 Å². The van der Waals surface area contributed by atoms with E-state index in [2.05, 4.69) is 4.74 Å². The third-order valence-electron chi connectivity index (χ3n) is 6.06. The number of ether oxygens (including phenoxy) is 5. The first-order valence-corrected chi connectivity index (χ1v) is 10.4. The van der Waals surface area contributed by atoms with Crippen LogP contribution in [0.15, 0.2) is 24.3 Å². The molecule has 0 saturated heterocycles. The Bertz CT molecular complexity index is 986. The van der Waals surface area contributed by atoms with Crippen molar-refractivity contribution in [3.63, 3.8) is 0 Å². The molecule has 178 valence electrons. The number of hydrogen-bond acceptors (Lipinski definition) is 7. The quantitative estimate of drug-likeness (QED) is 0.405. The maximum Gasteiger partial charge on any atom is 0.505 e. The van der Waals surface area contributed by atoms with Crippen LogP contribution in [0.25, 0.3) is 0 Å². The van der Waals surface area contributed by atoms with Gasteiger partial charge in [-0.2, -0.15) is 0 Å². The highest BCUT2D eigenvalue weighted by Gasteiger charge is 2.49. The summed E-state index contributed by atoms with van der Waals surface area (Å²) in [4.78, 5) is 23.1. The minimum Gasteiger partial charge on any atom is -0.492 e. The van der Waals surface area contributed by atoms with Crippen molar-refractivity contribution < 1.29 is 43.5 Å². The van der Waals surface area contributed by atoms with E-state index in [4.69, 9.17) is 24.1 Å². The topological polar surface area (TPSA) is 121 Å². The number of carbonyl (C=O) groups is 2. The highest BCUT2D eigenvalue weighted by Crippen LogP contribution is 2.56. The molecule has 1 aliphatic carbocycles. The lowest BCUT2D eigenvalue weighted by Crippen LogP contribution is -2.36. The van der Waals surface area contributed by atoms with Gasteiger partial charge in [0.05, 0.1) is 35.0 Å². The minimum atomic E-state index is -1.30. The Balaban J connectivity index is 1.98. The highest BCUT2D eigenvalue weighted by atomic mass is 16.7. The van der Waals surface area contributed by atoms with Crippen molar-refractivity contribution in [3.8, 4) is 23.0 Å². The third-order valence-corrected chi connectivity index (χ3v) is 6.06. The van der Waals surface area contributed by atoms with Crippen molar-refractivity contribution in [3.05, 3.63) is 46.5 Å². The Labute approximate surface area is 191 Å². The summed E-state index contributed by atoms with van der Waals surface area (Å²) in [5, 5.41) is 18.9. The summed E-state index contributed by atoms with van der Waals surface area (Å²) >= 11 is 0. The number of carboxylic acids is 1. The Morgan fingerprint density at radius 3 is 1.70 bits per heavy atom. The molecule has 33 heavy (non-hydrogen) atoms. The molecule has 9 heteroatoms. The fourth-order valence-electron chi connectivity index (χ4n) is 4.50. The highest BCUT2D eigenvalue weighted by molar-refractivity contribution is 5.86. The molecule has 0 unspecified atom stereocenters. The van der Waals surface area contributed by atoms with E-state index in [0.29, 0.717) is 52.5 Å². The van der Waals surface area contributed by atoms with Gasteiger partial charge in [-0.05, 0) is 36.8 Å². The lowest BCUT2D eigenvalue weighted by atomic mass is 9.77. The zero-order chi connectivity index (χ0) is 24.2. The summed E-state index contributed by atoms with van der Waals surface area (Å²) in [6.07, 6.45) is 0.250. The average molecular weight is 460 g/mol. The summed E-state index contributed by atoms with van der Waals surface area (Å²) in [6, 6.07) is 7.33. The standard InChI is InChI=1S/C24H28O9/c1-29-18-16-12-24(22(25)26,13-17(16)19(30-2)21(32-4)20(18)31-3)15-9-7-14(8-10-15)6-5-11-33-23(27)28/h7-10H,5-6,11-13H2,1-4H3,(H,25,26)(H,27,28). The number of hydrogen-bond donors (Lipinski definition) is 2. The fourth-order valence-corrected chi connectivity index (χ4v) is 4.50. The molecule has 0 spiro atoms. The molecule has 0 aromatic heterocycles. The molecule has 0 radical (unpaired) electrons. The van der Waals surface area contributed by atoms with Gasteiger partial charge in [-0.3, -0.25) is 4.79 Å². The van der Waals surface area contributed by atoms with Crippen LogP contribution in [0.4, 0.5) is 4.79 Å². The van der Waals surface area contributed by atoms with Gasteiger partial charge in [-0.25, -0.2) is 4.79 Å². The first-order valence-electron chi connectivity index (χ1n) is 10.4. The van der Waals surface area contributed by atoms with Crippen molar-refractivity contribution in [2.24, 2.45) is 0 Å². The van der Waals surface area contributed by atoms with Crippen molar-refractivity contribution in [1.29, 1.82) is 0 Å². The van der Waals surface area contributed by atoms with Crippen LogP contribution in [0.5, 0.6) is 23.0 Å². The Morgan fingerprint density at radius 1 is 0.818 bits per heavy atom. The minimum absolute atomic E-state index is 0.106. The molecule has 9 nitrogen and oxygen atoms in total. The van der Waals surface area contributed by atoms with Crippen LogP contribution in [0.3, 0.4) is 0 Å². The lowest BCUT2D eigenvalue weighted by molar-refractivity contribution is -0.143. The SMILES string of the molecule is COc1c2c(c(OC)c(OC)c1OC)CC(C(=O)O)(c1ccc(CCCOC(=O)O)cc1)C2. The molecule has 0 heterocycles. The van der Waals surface area contributed by atoms with E-state index in [9.17, 15) is 14.7 Å². The molecule has 0 saturated carbocycles. The van der Waals surface area contributed by atoms with Gasteiger partial charge >= 0.3 is 12.1 Å². The van der Waals surface area contributed by atoms with Crippen LogP contribution in [0, 0.1) is 0 Å². The Kier molecular flexibility index (Phi) is 7.20. The van der Waals surface area contributed by atoms with E-state index >= 15 is 0 Å². The fraction of sp³-hybridized carbons (Fsp3) is 0.417. The maximum absolute atomic E-state index is 12.6. The number of methoxy groups -OCH3 is 4. The molecular formula is C24H28O9. The summed E-state index contributed by atoms with van der Waals surface area (Å²) in [5.41, 5.74) is 1.82. The second-order valence-corrected chi connectivity index (χ2v) is 7.75. The molecule has 0 aliphatic heterocycles. The van der Waals surface area contributed by atoms with E-state index in [1.165, 1.54) is 28.4 Å². The van der Waals surface area contributed by atoms with Gasteiger partial charge in [-0.1, -0.05) is 24.3 Å². The molecule has 2 aromatic carbocycles. The molecule has 0 fully saturated rings. The molecule has 0 bridgehead atoms. The molecule has 1 aliphatic rings. The first kappa shape index (κ1) is 24.0. The zero-order valence-corrected chi connectivity index (χ0v) is 19.1. The lowest BCUT2D eigenvalue weighted by Gasteiger charge is -2.25. The monoisotopic (exact) mass is 460 g/mol. The molecule has 2 N–H and O–H groups in total. The van der Waals surface area contributed by atoms with Gasteiger partial charge < -0.3 is 33.9 Å². The third kappa shape index (κ3) is 4.35. The summed E-state index contributed by atoms with van der Waals surface area (Å²) in [5.74, 6) is 0.626. The first-order chi connectivity index (χ1) is 15.8. The van der Waals surface area contributed by atoms with Crippen LogP contribution < -0.4 is 18.9 Å². The van der Waals surface area contributed by atoms with Crippen LogP contribution in [-0.2, 0) is 34.2 Å². The summed E-state index contributed by atoms with van der Waals surface area (Å²) < 4.78 is 26.8. The number of aryl methyl sites for hydroxylation is 1. The Hall–Kier alpha value is -3.62. The predicted octanol–water partition coefficient (Wildman–Crippen LogP) is 3.47. The average Bonchev–Trinajstić information content (AvgIpc) is 3.22. The van der Waals surface area contributed by atoms with Crippen molar-refractivity contribution >= 4 is 12.1 Å². The predicted molar refractivity (Wildman–Crippen MR) is 118 cm³/mol. The van der Waals surface area contributed by atoms with E-state index in [0.717, 1.165) is 5.56 Å². The van der Waals surface area contributed by atoms with Gasteiger partial charge in [0.25, 0.3) is 0 Å². The van der Waals surface area contributed by atoms with E-state index in [-0.39, 0.29) is 19.4 Å². The van der Waals surface area contributed by atoms with Gasteiger partial charge in [0, 0.05) is 11.1 Å². The molecule has 0 amide bonds. The normalized spacial score (nSPS) is 13.7. The van der Waals surface area contributed by atoms with Crippen LogP contribution >= 0.6 is 0 Å². The zero-order valence-electron chi connectivity index (χ0n) is 19.1. The second-order valence-electron chi connectivity index (χ2n) is 7.75. The van der Waals surface area contributed by atoms with Crippen LogP contribution in [0.1, 0.15) is 28.7 Å². The number of aliphatic carboxylic acids is 1. The number of benzene rings is 2. The van der Waals surface area contributed by atoms with Gasteiger partial charge in [-0.15, -0.1) is 0 Å². The maximum atomic E-state index is 12.6. The van der Waals surface area contributed by atoms with Crippen molar-refractivity contribution in [2.75, 3.05) is 35.0 Å². The summed E-state index contributed by atoms with van der Waals surface area (Å²) in [7, 11) is 6.00. The van der Waals surface area contributed by atoms with E-state index in [1.807, 2.05) is 12.1 Å². The van der Waals surface area contributed by atoms with Gasteiger partial charge in [0.2, 0.25) is 11.5 Å². The molecule has 2 aromatic rings. The largest absolute Gasteiger partial charge is 0.505 e.